The Morgan fingerprint density at radius 3 is 2.33 bits per heavy atom. The first kappa shape index (κ1) is 12.0. The summed E-state index contributed by atoms with van der Waals surface area (Å²) in [6.07, 6.45) is 0. The van der Waals surface area contributed by atoms with Crippen LogP contribution in [-0.4, -0.2) is 20.2 Å². The van der Waals surface area contributed by atoms with Crippen LogP contribution in [0.1, 0.15) is 21.5 Å². The van der Waals surface area contributed by atoms with Crippen LogP contribution in [0, 0.1) is 13.8 Å². The summed E-state index contributed by atoms with van der Waals surface area (Å²) in [5.74, 6) is 0.304. The molecule has 0 saturated carbocycles. The van der Waals surface area contributed by atoms with Crippen molar-refractivity contribution in [3.8, 4) is 5.75 Å². The van der Waals surface area contributed by atoms with E-state index in [0.29, 0.717) is 15.8 Å². The third-order valence-electron chi connectivity index (χ3n) is 2.20. The normalized spacial score (nSPS) is 9.93. The van der Waals surface area contributed by atoms with Crippen LogP contribution in [-0.2, 0) is 4.74 Å². The molecule has 0 radical (unpaired) electrons. The van der Waals surface area contributed by atoms with Crippen molar-refractivity contribution in [1.29, 1.82) is 0 Å². The summed E-state index contributed by atoms with van der Waals surface area (Å²) in [4.78, 5) is 11.5. The highest BCUT2D eigenvalue weighted by molar-refractivity contribution is 9.10. The van der Waals surface area contributed by atoms with Gasteiger partial charge < -0.3 is 9.47 Å². The highest BCUT2D eigenvalue weighted by Crippen LogP contribution is 2.34. The van der Waals surface area contributed by atoms with E-state index in [1.807, 2.05) is 19.9 Å². The Labute approximate surface area is 97.5 Å². The molecule has 0 fully saturated rings. The Kier molecular flexibility index (Phi) is 3.74. The van der Waals surface area contributed by atoms with Gasteiger partial charge >= 0.3 is 5.97 Å². The second-order valence-corrected chi connectivity index (χ2v) is 4.02. The summed E-state index contributed by atoms with van der Waals surface area (Å²) in [6.45, 7) is 3.79. The minimum atomic E-state index is -0.363. The molecule has 82 valence electrons. The van der Waals surface area contributed by atoms with E-state index in [1.165, 1.54) is 7.11 Å². The van der Waals surface area contributed by atoms with Gasteiger partial charge in [0.15, 0.2) is 0 Å². The molecule has 0 spiro atoms. The lowest BCUT2D eigenvalue weighted by Crippen LogP contribution is -2.07. The zero-order valence-electron chi connectivity index (χ0n) is 9.18. The van der Waals surface area contributed by atoms with Gasteiger partial charge in [-0.2, -0.15) is 0 Å². The number of hydrogen-bond acceptors (Lipinski definition) is 3. The van der Waals surface area contributed by atoms with Gasteiger partial charge in [0, 0.05) is 0 Å². The van der Waals surface area contributed by atoms with Crippen LogP contribution in [0.3, 0.4) is 0 Å². The van der Waals surface area contributed by atoms with E-state index < -0.39 is 0 Å². The zero-order chi connectivity index (χ0) is 11.6. The molecule has 0 amide bonds. The van der Waals surface area contributed by atoms with Gasteiger partial charge in [-0.05, 0) is 40.9 Å². The van der Waals surface area contributed by atoms with Gasteiger partial charge in [0.25, 0.3) is 0 Å². The molecule has 0 unspecified atom stereocenters. The van der Waals surface area contributed by atoms with Crippen molar-refractivity contribution in [3.63, 3.8) is 0 Å². The van der Waals surface area contributed by atoms with Crippen LogP contribution in [0.2, 0.25) is 0 Å². The number of carbonyl (C=O) groups is 1. The van der Waals surface area contributed by atoms with Crippen molar-refractivity contribution in [2.24, 2.45) is 0 Å². The van der Waals surface area contributed by atoms with Gasteiger partial charge in [0.1, 0.15) is 5.75 Å². The maximum absolute atomic E-state index is 11.5. The molecule has 4 heteroatoms. The number of hydrogen-bond donors (Lipinski definition) is 0. The highest BCUT2D eigenvalue weighted by Gasteiger charge is 2.19. The molecule has 0 heterocycles. The summed E-state index contributed by atoms with van der Waals surface area (Å²) >= 11 is 3.36. The predicted octanol–water partition coefficient (Wildman–Crippen LogP) is 2.86. The van der Waals surface area contributed by atoms with Crippen molar-refractivity contribution in [2.75, 3.05) is 14.2 Å². The molecule has 1 aromatic rings. The molecule has 1 rings (SSSR count). The van der Waals surface area contributed by atoms with E-state index in [9.17, 15) is 4.79 Å². The van der Waals surface area contributed by atoms with Gasteiger partial charge in [0.2, 0.25) is 0 Å². The van der Waals surface area contributed by atoms with Gasteiger partial charge in [-0.1, -0.05) is 6.07 Å². The Morgan fingerprint density at radius 1 is 1.27 bits per heavy atom. The Hall–Kier alpha value is -1.03. The third-order valence-corrected chi connectivity index (χ3v) is 2.95. The molecular weight excluding hydrogens is 260 g/mol. The maximum atomic E-state index is 11.5. The van der Waals surface area contributed by atoms with Crippen molar-refractivity contribution >= 4 is 21.9 Å². The van der Waals surface area contributed by atoms with Gasteiger partial charge in [-0.15, -0.1) is 0 Å². The Balaban J connectivity index is 3.45. The van der Waals surface area contributed by atoms with Crippen molar-refractivity contribution in [2.45, 2.75) is 13.8 Å². The minimum Gasteiger partial charge on any atom is -0.495 e. The maximum Gasteiger partial charge on any atom is 0.339 e. The molecule has 0 aliphatic heterocycles. The number of esters is 1. The number of ether oxygens (including phenoxy) is 2. The van der Waals surface area contributed by atoms with Crippen LogP contribution < -0.4 is 4.74 Å². The molecule has 0 atom stereocenters. The largest absolute Gasteiger partial charge is 0.495 e. The van der Waals surface area contributed by atoms with Gasteiger partial charge in [-0.25, -0.2) is 4.79 Å². The second kappa shape index (κ2) is 4.66. The number of carbonyl (C=O) groups excluding carboxylic acids is 1. The summed E-state index contributed by atoms with van der Waals surface area (Å²) in [5, 5.41) is 0. The molecular formula is C11H13BrO3. The average Bonchev–Trinajstić information content (AvgIpc) is 2.17. The standard InChI is InChI=1S/C11H13BrO3/c1-6-5-7(2)10(14-3)9(12)8(6)11(13)15-4/h5H,1-4H3. The first-order chi connectivity index (χ1) is 7.02. The molecule has 0 aliphatic carbocycles. The third kappa shape index (κ3) is 2.15. The fourth-order valence-corrected chi connectivity index (χ4v) is 2.47. The van der Waals surface area contributed by atoms with Crippen LogP contribution in [0.4, 0.5) is 0 Å². The van der Waals surface area contributed by atoms with Crippen LogP contribution in [0.25, 0.3) is 0 Å². The van der Waals surface area contributed by atoms with E-state index in [-0.39, 0.29) is 5.97 Å². The fourth-order valence-electron chi connectivity index (χ4n) is 1.53. The SMILES string of the molecule is COC(=O)c1c(C)cc(C)c(OC)c1Br. The smallest absolute Gasteiger partial charge is 0.339 e. The van der Waals surface area contributed by atoms with Crippen LogP contribution in [0.15, 0.2) is 10.5 Å². The van der Waals surface area contributed by atoms with E-state index in [0.717, 1.165) is 11.1 Å². The summed E-state index contributed by atoms with van der Waals surface area (Å²) in [5.41, 5.74) is 2.36. The highest BCUT2D eigenvalue weighted by atomic mass is 79.9. The van der Waals surface area contributed by atoms with E-state index in [1.54, 1.807) is 7.11 Å². The fraction of sp³-hybridized carbons (Fsp3) is 0.364. The molecule has 0 N–H and O–H groups in total. The summed E-state index contributed by atoms with van der Waals surface area (Å²) < 4.78 is 10.6. The molecule has 1 aromatic carbocycles. The molecule has 15 heavy (non-hydrogen) atoms. The lowest BCUT2D eigenvalue weighted by molar-refractivity contribution is 0.0598. The molecule has 0 aromatic heterocycles. The van der Waals surface area contributed by atoms with Crippen molar-refractivity contribution < 1.29 is 14.3 Å². The minimum absolute atomic E-state index is 0.363. The van der Waals surface area contributed by atoms with Gasteiger partial charge in [-0.3, -0.25) is 0 Å². The molecule has 0 bridgehead atoms. The van der Waals surface area contributed by atoms with Crippen molar-refractivity contribution in [3.05, 3.63) is 27.2 Å². The lowest BCUT2D eigenvalue weighted by atomic mass is 10.0. The Bertz CT molecular complexity index is 399. The number of benzene rings is 1. The van der Waals surface area contributed by atoms with E-state index in [2.05, 4.69) is 15.9 Å². The summed E-state index contributed by atoms with van der Waals surface area (Å²) in [6, 6.07) is 1.90. The number of methoxy groups -OCH3 is 2. The van der Waals surface area contributed by atoms with Crippen LogP contribution >= 0.6 is 15.9 Å². The zero-order valence-corrected chi connectivity index (χ0v) is 10.8. The summed E-state index contributed by atoms with van der Waals surface area (Å²) in [7, 11) is 2.93. The van der Waals surface area contributed by atoms with E-state index in [4.69, 9.17) is 9.47 Å². The molecule has 3 nitrogen and oxygen atoms in total. The first-order valence-corrected chi connectivity index (χ1v) is 5.24. The van der Waals surface area contributed by atoms with Crippen molar-refractivity contribution in [1.82, 2.24) is 0 Å². The van der Waals surface area contributed by atoms with Gasteiger partial charge in [0.05, 0.1) is 24.3 Å². The number of rotatable bonds is 2. The van der Waals surface area contributed by atoms with E-state index >= 15 is 0 Å². The molecule has 0 saturated heterocycles. The first-order valence-electron chi connectivity index (χ1n) is 4.45. The monoisotopic (exact) mass is 272 g/mol. The molecule has 0 aliphatic rings. The topological polar surface area (TPSA) is 35.5 Å². The number of halogens is 1. The Morgan fingerprint density at radius 2 is 1.87 bits per heavy atom. The predicted molar refractivity (Wildman–Crippen MR) is 61.5 cm³/mol. The number of aryl methyl sites for hydroxylation is 2. The lowest BCUT2D eigenvalue weighted by Gasteiger charge is -2.13. The van der Waals surface area contributed by atoms with Crippen LogP contribution in [0.5, 0.6) is 5.75 Å². The second-order valence-electron chi connectivity index (χ2n) is 3.22. The quantitative estimate of drug-likeness (QED) is 0.777. The average molecular weight is 273 g/mol.